The van der Waals surface area contributed by atoms with Gasteiger partial charge in [-0.3, -0.25) is 4.79 Å². The van der Waals surface area contributed by atoms with E-state index < -0.39 is 0 Å². The van der Waals surface area contributed by atoms with Gasteiger partial charge in [-0.25, -0.2) is 0 Å². The molecule has 3 unspecified atom stereocenters. The van der Waals surface area contributed by atoms with Crippen molar-refractivity contribution in [2.24, 2.45) is 5.92 Å². The molecule has 1 heterocycles. The van der Waals surface area contributed by atoms with Crippen molar-refractivity contribution in [2.45, 2.75) is 63.6 Å². The zero-order chi connectivity index (χ0) is 12.8. The van der Waals surface area contributed by atoms with Crippen LogP contribution < -0.4 is 5.32 Å². The van der Waals surface area contributed by atoms with Crippen LogP contribution in [0.3, 0.4) is 0 Å². The van der Waals surface area contributed by atoms with Gasteiger partial charge < -0.3 is 15.2 Å². The van der Waals surface area contributed by atoms with Crippen LogP contribution in [0.25, 0.3) is 0 Å². The zero-order valence-electron chi connectivity index (χ0n) is 11.1. The molecule has 2 rings (SSSR count). The Balaban J connectivity index is 1.61. The molecule has 0 radical (unpaired) electrons. The molecule has 0 spiro atoms. The average molecular weight is 255 g/mol. The number of ether oxygens (including phenoxy) is 1. The van der Waals surface area contributed by atoms with Gasteiger partial charge in [0.25, 0.3) is 0 Å². The zero-order valence-corrected chi connectivity index (χ0v) is 11.1. The van der Waals surface area contributed by atoms with Crippen molar-refractivity contribution in [3.8, 4) is 0 Å². The Hall–Kier alpha value is -0.610. The highest BCUT2D eigenvalue weighted by molar-refractivity contribution is 5.76. The first-order chi connectivity index (χ1) is 8.74. The number of nitrogens with one attached hydrogen (secondary N) is 1. The van der Waals surface area contributed by atoms with Gasteiger partial charge in [0, 0.05) is 13.2 Å². The smallest absolute Gasteiger partial charge is 0.222 e. The minimum atomic E-state index is -0.165. The van der Waals surface area contributed by atoms with Crippen molar-refractivity contribution in [2.75, 3.05) is 13.2 Å². The molecule has 4 heteroatoms. The maximum absolute atomic E-state index is 11.8. The Kier molecular flexibility index (Phi) is 5.45. The van der Waals surface area contributed by atoms with Crippen LogP contribution in [0.4, 0.5) is 0 Å². The van der Waals surface area contributed by atoms with Gasteiger partial charge in [-0.15, -0.1) is 0 Å². The standard InChI is InChI=1S/C14H25NO3/c16-12-5-3-4-11(8-12)10-15-14(17)9-13-6-1-2-7-18-13/h11-13,16H,1-10H2,(H,15,17). The molecular weight excluding hydrogens is 230 g/mol. The van der Waals surface area contributed by atoms with E-state index in [1.165, 1.54) is 6.42 Å². The number of aliphatic hydroxyl groups is 1. The van der Waals surface area contributed by atoms with Gasteiger partial charge in [0.1, 0.15) is 0 Å². The second-order valence-corrected chi connectivity index (χ2v) is 5.68. The van der Waals surface area contributed by atoms with E-state index in [0.717, 1.165) is 45.1 Å². The van der Waals surface area contributed by atoms with E-state index in [-0.39, 0.29) is 18.1 Å². The third-order valence-electron chi connectivity index (χ3n) is 4.03. The molecule has 0 aromatic heterocycles. The van der Waals surface area contributed by atoms with Crippen molar-refractivity contribution in [3.05, 3.63) is 0 Å². The van der Waals surface area contributed by atoms with Crippen LogP contribution in [0.2, 0.25) is 0 Å². The molecule has 1 saturated heterocycles. The lowest BCUT2D eigenvalue weighted by Gasteiger charge is -2.26. The second-order valence-electron chi connectivity index (χ2n) is 5.68. The maximum atomic E-state index is 11.8. The number of carbonyl (C=O) groups is 1. The lowest BCUT2D eigenvalue weighted by molar-refractivity contribution is -0.125. The van der Waals surface area contributed by atoms with Crippen LogP contribution in [0.5, 0.6) is 0 Å². The van der Waals surface area contributed by atoms with E-state index in [1.807, 2.05) is 0 Å². The highest BCUT2D eigenvalue weighted by Gasteiger charge is 2.22. The Morgan fingerprint density at radius 2 is 2.11 bits per heavy atom. The van der Waals surface area contributed by atoms with Gasteiger partial charge in [-0.05, 0) is 44.4 Å². The van der Waals surface area contributed by atoms with Crippen molar-refractivity contribution in [1.82, 2.24) is 5.32 Å². The first kappa shape index (κ1) is 13.8. The third kappa shape index (κ3) is 4.58. The SMILES string of the molecule is O=C(CC1CCCCO1)NCC1CCCC(O)C1. The predicted octanol–water partition coefficient (Wildman–Crippen LogP) is 1.61. The van der Waals surface area contributed by atoms with Crippen LogP contribution in [0.15, 0.2) is 0 Å². The van der Waals surface area contributed by atoms with E-state index in [1.54, 1.807) is 0 Å². The third-order valence-corrected chi connectivity index (χ3v) is 4.03. The molecule has 1 amide bonds. The fourth-order valence-electron chi connectivity index (χ4n) is 2.95. The molecule has 2 fully saturated rings. The normalized spacial score (nSPS) is 33.1. The summed E-state index contributed by atoms with van der Waals surface area (Å²) in [5.41, 5.74) is 0. The van der Waals surface area contributed by atoms with Gasteiger partial charge in [-0.2, -0.15) is 0 Å². The minimum Gasteiger partial charge on any atom is -0.393 e. The van der Waals surface area contributed by atoms with Gasteiger partial charge in [0.05, 0.1) is 18.6 Å². The van der Waals surface area contributed by atoms with Crippen molar-refractivity contribution < 1.29 is 14.6 Å². The Morgan fingerprint density at radius 3 is 2.83 bits per heavy atom. The highest BCUT2D eigenvalue weighted by Crippen LogP contribution is 2.23. The summed E-state index contributed by atoms with van der Waals surface area (Å²) in [5.74, 6) is 0.548. The summed E-state index contributed by atoms with van der Waals surface area (Å²) >= 11 is 0. The molecular formula is C14H25NO3. The van der Waals surface area contributed by atoms with Crippen LogP contribution in [-0.4, -0.2) is 36.4 Å². The van der Waals surface area contributed by atoms with Gasteiger partial charge in [0.15, 0.2) is 0 Å². The van der Waals surface area contributed by atoms with Crippen LogP contribution in [0.1, 0.15) is 51.4 Å². The van der Waals surface area contributed by atoms with Crippen molar-refractivity contribution in [1.29, 1.82) is 0 Å². The lowest BCUT2D eigenvalue weighted by Crippen LogP contribution is -2.35. The van der Waals surface area contributed by atoms with Crippen LogP contribution in [0, 0.1) is 5.92 Å². The monoisotopic (exact) mass is 255 g/mol. The van der Waals surface area contributed by atoms with Crippen molar-refractivity contribution >= 4 is 5.91 Å². The van der Waals surface area contributed by atoms with E-state index in [0.29, 0.717) is 18.9 Å². The summed E-state index contributed by atoms with van der Waals surface area (Å²) in [6.07, 6.45) is 7.71. The number of carbonyl (C=O) groups excluding carboxylic acids is 1. The van der Waals surface area contributed by atoms with E-state index in [9.17, 15) is 9.90 Å². The van der Waals surface area contributed by atoms with E-state index >= 15 is 0 Å². The van der Waals surface area contributed by atoms with Gasteiger partial charge >= 0.3 is 0 Å². The highest BCUT2D eigenvalue weighted by atomic mass is 16.5. The fourth-order valence-corrected chi connectivity index (χ4v) is 2.95. The Labute approximate surface area is 109 Å². The molecule has 4 nitrogen and oxygen atoms in total. The fraction of sp³-hybridized carbons (Fsp3) is 0.929. The molecule has 2 N–H and O–H groups in total. The molecule has 0 aromatic rings. The molecule has 104 valence electrons. The molecule has 1 saturated carbocycles. The Morgan fingerprint density at radius 1 is 1.22 bits per heavy atom. The van der Waals surface area contributed by atoms with Gasteiger partial charge in [0.2, 0.25) is 5.91 Å². The summed E-state index contributed by atoms with van der Waals surface area (Å²) in [6.45, 7) is 1.51. The Bertz CT molecular complexity index is 264. The molecule has 0 bridgehead atoms. The maximum Gasteiger partial charge on any atom is 0.222 e. The molecule has 18 heavy (non-hydrogen) atoms. The van der Waals surface area contributed by atoms with Crippen LogP contribution in [-0.2, 0) is 9.53 Å². The van der Waals surface area contributed by atoms with Crippen molar-refractivity contribution in [3.63, 3.8) is 0 Å². The second kappa shape index (κ2) is 7.10. The first-order valence-electron chi connectivity index (χ1n) is 7.30. The number of hydrogen-bond donors (Lipinski definition) is 2. The van der Waals surface area contributed by atoms with Gasteiger partial charge in [-0.1, -0.05) is 6.42 Å². The topological polar surface area (TPSA) is 58.6 Å². The summed E-state index contributed by atoms with van der Waals surface area (Å²) in [6, 6.07) is 0. The first-order valence-corrected chi connectivity index (χ1v) is 7.30. The number of amides is 1. The number of rotatable bonds is 4. The summed E-state index contributed by atoms with van der Waals surface area (Å²) in [4.78, 5) is 11.8. The molecule has 2 aliphatic rings. The summed E-state index contributed by atoms with van der Waals surface area (Å²) in [7, 11) is 0. The average Bonchev–Trinajstić information content (AvgIpc) is 2.38. The predicted molar refractivity (Wildman–Crippen MR) is 69.2 cm³/mol. The lowest BCUT2D eigenvalue weighted by atomic mass is 9.87. The molecule has 1 aliphatic carbocycles. The largest absolute Gasteiger partial charge is 0.393 e. The molecule has 0 aromatic carbocycles. The summed E-state index contributed by atoms with van der Waals surface area (Å²) < 4.78 is 5.56. The quantitative estimate of drug-likeness (QED) is 0.802. The van der Waals surface area contributed by atoms with Crippen LogP contribution >= 0.6 is 0 Å². The van der Waals surface area contributed by atoms with E-state index in [4.69, 9.17) is 4.74 Å². The molecule has 3 atom stereocenters. The summed E-state index contributed by atoms with van der Waals surface area (Å²) in [5, 5.41) is 12.6. The molecule has 1 aliphatic heterocycles. The number of hydrogen-bond acceptors (Lipinski definition) is 3. The minimum absolute atomic E-state index is 0.0990. The number of aliphatic hydroxyl groups excluding tert-OH is 1. The van der Waals surface area contributed by atoms with E-state index in [2.05, 4.69) is 5.32 Å².